The van der Waals surface area contributed by atoms with Crippen molar-refractivity contribution in [1.29, 1.82) is 0 Å². The van der Waals surface area contributed by atoms with Crippen LogP contribution in [0.1, 0.15) is 76.3 Å². The molecule has 5 rings (SSSR count). The van der Waals surface area contributed by atoms with E-state index in [9.17, 15) is 27.6 Å². The average molecular weight is 738 g/mol. The summed E-state index contributed by atoms with van der Waals surface area (Å²) in [6, 6.07) is 10.3. The van der Waals surface area contributed by atoms with Crippen LogP contribution in [-0.4, -0.2) is 86.1 Å². The van der Waals surface area contributed by atoms with Gasteiger partial charge >= 0.3 is 0 Å². The first kappa shape index (κ1) is 38.8. The number of piperidine rings is 1. The summed E-state index contributed by atoms with van der Waals surface area (Å²) in [4.78, 5) is 63.4. The van der Waals surface area contributed by atoms with Crippen LogP contribution in [0.25, 0.3) is 10.9 Å². The van der Waals surface area contributed by atoms with Gasteiger partial charge in [0.1, 0.15) is 31.3 Å². The molecular formula is C38H51N5O8S. The fourth-order valence-corrected chi connectivity index (χ4v) is 7.87. The van der Waals surface area contributed by atoms with Gasteiger partial charge in [0, 0.05) is 24.5 Å². The predicted octanol–water partition coefficient (Wildman–Crippen LogP) is 3.41. The van der Waals surface area contributed by atoms with Crippen LogP contribution in [0, 0.1) is 12.8 Å². The van der Waals surface area contributed by atoms with Crippen LogP contribution in [0.2, 0.25) is 0 Å². The largest absolute Gasteiger partial charge is 0.417 e. The zero-order valence-corrected chi connectivity index (χ0v) is 31.2. The molecule has 13 nitrogen and oxygen atoms in total. The SMILES string of the molecule is CC[C@H](C)[C@@H]1NC(=O)[C@H](Cc2cn(OC)c3ccccc23)NC(=O)[C@H](CCCCCOS(=O)(=O)c2ccc(C)cc2)NC(=O)[C@H]2CCCCN2C1=O. The molecule has 2 aliphatic rings. The summed E-state index contributed by atoms with van der Waals surface area (Å²) in [5.74, 6) is -1.94. The lowest BCUT2D eigenvalue weighted by Gasteiger charge is -2.39. The van der Waals surface area contributed by atoms with Crippen LogP contribution in [0.5, 0.6) is 0 Å². The van der Waals surface area contributed by atoms with Gasteiger partial charge in [-0.2, -0.15) is 13.1 Å². The van der Waals surface area contributed by atoms with Crippen LogP contribution in [0.4, 0.5) is 0 Å². The molecule has 0 saturated carbocycles. The average Bonchev–Trinajstić information content (AvgIpc) is 3.50. The maximum Gasteiger partial charge on any atom is 0.296 e. The molecule has 1 aromatic heterocycles. The number of aromatic nitrogens is 1. The van der Waals surface area contributed by atoms with E-state index in [2.05, 4.69) is 16.0 Å². The van der Waals surface area contributed by atoms with Gasteiger partial charge in [-0.05, 0) is 68.7 Å². The summed E-state index contributed by atoms with van der Waals surface area (Å²) in [5.41, 5.74) is 2.49. The van der Waals surface area contributed by atoms with Crippen molar-refractivity contribution in [3.63, 3.8) is 0 Å². The van der Waals surface area contributed by atoms with Crippen molar-refractivity contribution in [3.05, 3.63) is 65.9 Å². The molecule has 0 bridgehead atoms. The number of rotatable bonds is 13. The maximum atomic E-state index is 14.1. The second-order valence-electron chi connectivity index (χ2n) is 13.9. The Labute approximate surface area is 305 Å². The van der Waals surface area contributed by atoms with Crippen molar-refractivity contribution in [1.82, 2.24) is 25.6 Å². The molecule has 2 saturated heterocycles. The zero-order chi connectivity index (χ0) is 37.4. The first-order valence-electron chi connectivity index (χ1n) is 18.2. The number of hydrogen-bond donors (Lipinski definition) is 3. The minimum atomic E-state index is -3.90. The molecule has 14 heteroatoms. The Morgan fingerprint density at radius 3 is 2.33 bits per heavy atom. The normalized spacial score (nSPS) is 22.4. The van der Waals surface area contributed by atoms with Crippen molar-refractivity contribution in [2.75, 3.05) is 20.3 Å². The first-order chi connectivity index (χ1) is 24.9. The Bertz CT molecular complexity index is 1840. The quantitative estimate of drug-likeness (QED) is 0.178. The van der Waals surface area contributed by atoms with Crippen molar-refractivity contribution in [2.24, 2.45) is 5.92 Å². The number of nitrogens with zero attached hydrogens (tertiary/aromatic N) is 2. The molecule has 0 unspecified atom stereocenters. The van der Waals surface area contributed by atoms with E-state index >= 15 is 0 Å². The zero-order valence-electron chi connectivity index (χ0n) is 30.4. The molecule has 2 fully saturated rings. The summed E-state index contributed by atoms with van der Waals surface area (Å²) >= 11 is 0. The molecule has 4 amide bonds. The number of carbonyl (C=O) groups excluding carboxylic acids is 4. The molecule has 0 aliphatic carbocycles. The second kappa shape index (κ2) is 17.4. The van der Waals surface area contributed by atoms with Crippen LogP contribution in [0.15, 0.2) is 59.6 Å². The minimum Gasteiger partial charge on any atom is -0.417 e. The number of nitrogens with one attached hydrogen (secondary N) is 3. The molecule has 0 spiro atoms. The van der Waals surface area contributed by atoms with Crippen LogP contribution < -0.4 is 20.8 Å². The number of benzene rings is 2. The highest BCUT2D eigenvalue weighted by Gasteiger charge is 2.41. The molecule has 0 radical (unpaired) electrons. The Morgan fingerprint density at radius 2 is 1.60 bits per heavy atom. The van der Waals surface area contributed by atoms with Crippen LogP contribution in [0.3, 0.4) is 0 Å². The summed E-state index contributed by atoms with van der Waals surface area (Å²) in [7, 11) is -2.36. The minimum absolute atomic E-state index is 0.0345. The lowest BCUT2D eigenvalue weighted by Crippen LogP contribution is -2.64. The number of aryl methyl sites for hydroxylation is 1. The lowest BCUT2D eigenvalue weighted by molar-refractivity contribution is -0.147. The van der Waals surface area contributed by atoms with Gasteiger partial charge in [-0.15, -0.1) is 0 Å². The molecule has 52 heavy (non-hydrogen) atoms. The van der Waals surface area contributed by atoms with Crippen LogP contribution in [-0.2, 0) is 39.9 Å². The third-order valence-corrected chi connectivity index (χ3v) is 11.5. The number of unbranched alkanes of at least 4 members (excludes halogenated alkanes) is 2. The summed E-state index contributed by atoms with van der Waals surface area (Å²) in [5, 5.41) is 9.65. The molecule has 282 valence electrons. The van der Waals surface area contributed by atoms with E-state index in [-0.39, 0.29) is 36.2 Å². The standard InChI is InChI=1S/C38H51N5O8S/c1-5-26(3)34-38(47)42-21-11-10-16-33(42)37(46)39-30(14-7-6-12-22-51-52(48,49)28-19-17-25(2)18-20-28)35(44)40-31(36(45)41-34)23-27-24-43(50-4)32-15-9-8-13-29(27)32/h8-9,13,15,17-20,24,26,30-31,33-34H,5-7,10-12,14,16,21-23H2,1-4H3,(H,39,46)(H,40,44)(H,41,45)/t26-,30-,31-,33+,34-/m0/s1. The molecule has 3 aromatic rings. The van der Waals surface area contributed by atoms with Gasteiger partial charge in [-0.25, -0.2) is 0 Å². The van der Waals surface area contributed by atoms with Crippen molar-refractivity contribution in [2.45, 2.75) is 108 Å². The molecule has 5 atom stereocenters. The van der Waals surface area contributed by atoms with Crippen molar-refractivity contribution >= 4 is 44.6 Å². The highest BCUT2D eigenvalue weighted by Crippen LogP contribution is 2.25. The fraction of sp³-hybridized carbons (Fsp3) is 0.526. The Balaban J connectivity index is 1.36. The molecule has 2 aromatic carbocycles. The topological polar surface area (TPSA) is 165 Å². The van der Waals surface area contributed by atoms with Gasteiger partial charge in [0.25, 0.3) is 10.1 Å². The Hall–Kier alpha value is -4.43. The number of para-hydroxylation sites is 1. The van der Waals surface area contributed by atoms with E-state index in [1.54, 1.807) is 35.1 Å². The van der Waals surface area contributed by atoms with E-state index in [0.717, 1.165) is 34.9 Å². The number of hydrogen-bond acceptors (Lipinski definition) is 8. The lowest BCUT2D eigenvalue weighted by atomic mass is 9.93. The Kier molecular flexibility index (Phi) is 13.0. The van der Waals surface area contributed by atoms with E-state index in [1.165, 1.54) is 12.1 Å². The van der Waals surface area contributed by atoms with E-state index in [4.69, 9.17) is 9.02 Å². The summed E-state index contributed by atoms with van der Waals surface area (Å²) < 4.78 is 32.0. The smallest absolute Gasteiger partial charge is 0.296 e. The monoisotopic (exact) mass is 737 g/mol. The van der Waals surface area contributed by atoms with E-state index in [0.29, 0.717) is 38.6 Å². The van der Waals surface area contributed by atoms with Gasteiger partial charge in [0.2, 0.25) is 23.6 Å². The van der Waals surface area contributed by atoms with E-state index in [1.807, 2.05) is 45.0 Å². The third-order valence-electron chi connectivity index (χ3n) is 10.2. The number of amides is 4. The van der Waals surface area contributed by atoms with Crippen LogP contribution >= 0.6 is 0 Å². The molecule has 3 N–H and O–H groups in total. The van der Waals surface area contributed by atoms with Gasteiger partial charge in [-0.1, -0.05) is 69.0 Å². The van der Waals surface area contributed by atoms with Gasteiger partial charge < -0.3 is 25.7 Å². The highest BCUT2D eigenvalue weighted by molar-refractivity contribution is 7.86. The Morgan fingerprint density at radius 1 is 0.885 bits per heavy atom. The van der Waals surface area contributed by atoms with Crippen molar-refractivity contribution < 1.29 is 36.6 Å². The molecular weight excluding hydrogens is 687 g/mol. The maximum absolute atomic E-state index is 14.1. The van der Waals surface area contributed by atoms with Gasteiger partial charge in [0.15, 0.2) is 0 Å². The van der Waals surface area contributed by atoms with E-state index < -0.39 is 52.0 Å². The number of carbonyl (C=O) groups is 4. The number of fused-ring (bicyclic) bond motifs is 2. The summed E-state index contributed by atoms with van der Waals surface area (Å²) in [6.07, 6.45) is 6.06. The first-order valence-corrected chi connectivity index (χ1v) is 19.7. The molecule has 3 heterocycles. The predicted molar refractivity (Wildman–Crippen MR) is 196 cm³/mol. The molecule has 2 aliphatic heterocycles. The van der Waals surface area contributed by atoms with Gasteiger partial charge in [-0.3, -0.25) is 23.4 Å². The van der Waals surface area contributed by atoms with Gasteiger partial charge in [0.05, 0.1) is 17.0 Å². The third kappa shape index (κ3) is 9.13. The second-order valence-corrected chi connectivity index (χ2v) is 15.5. The fourth-order valence-electron chi connectivity index (χ4n) is 6.92. The summed E-state index contributed by atoms with van der Waals surface area (Å²) in [6.45, 7) is 6.05. The highest BCUT2D eigenvalue weighted by atomic mass is 32.2. The van der Waals surface area contributed by atoms with Crippen molar-refractivity contribution in [3.8, 4) is 0 Å².